The molecule has 86 valence electrons. The predicted molar refractivity (Wildman–Crippen MR) is 60.6 cm³/mol. The molecule has 1 heterocycles. The van der Waals surface area contributed by atoms with E-state index in [1.807, 2.05) is 0 Å². The molecule has 0 spiro atoms. The van der Waals surface area contributed by atoms with E-state index in [1.54, 1.807) is 0 Å². The minimum Gasteiger partial charge on any atom is -0.337 e. The molecular weight excluding hydrogens is 188 g/mol. The van der Waals surface area contributed by atoms with Crippen LogP contribution >= 0.6 is 0 Å². The molecule has 0 aromatic carbocycles. The summed E-state index contributed by atoms with van der Waals surface area (Å²) in [7, 11) is 0. The second kappa shape index (κ2) is 4.52. The molecule has 2 fully saturated rings. The van der Waals surface area contributed by atoms with E-state index in [0.717, 1.165) is 25.9 Å². The van der Waals surface area contributed by atoms with Crippen LogP contribution in [0.25, 0.3) is 0 Å². The molecule has 1 amide bonds. The first kappa shape index (κ1) is 10.9. The van der Waals surface area contributed by atoms with Crippen molar-refractivity contribution in [2.75, 3.05) is 13.1 Å². The van der Waals surface area contributed by atoms with E-state index < -0.39 is 0 Å². The fraction of sp³-hybridized carbons (Fsp3) is 0.917. The molecule has 2 aliphatic rings. The zero-order chi connectivity index (χ0) is 10.8. The van der Waals surface area contributed by atoms with Gasteiger partial charge in [-0.25, -0.2) is 0 Å². The number of carbonyl (C=O) groups excluding carboxylic acids is 1. The van der Waals surface area contributed by atoms with E-state index >= 15 is 0 Å². The Kier molecular flexibility index (Phi) is 3.29. The molecule has 1 N–H and O–H groups in total. The predicted octanol–water partition coefficient (Wildman–Crippen LogP) is 1.39. The lowest BCUT2D eigenvalue weighted by Gasteiger charge is -2.32. The lowest BCUT2D eigenvalue weighted by atomic mass is 9.97. The van der Waals surface area contributed by atoms with Crippen LogP contribution in [0.15, 0.2) is 0 Å². The molecule has 0 bridgehead atoms. The maximum Gasteiger partial charge on any atom is 0.227 e. The molecule has 1 aliphatic carbocycles. The van der Waals surface area contributed by atoms with Crippen molar-refractivity contribution in [1.29, 1.82) is 0 Å². The average Bonchev–Trinajstić information content (AvgIpc) is 3.03. The van der Waals surface area contributed by atoms with E-state index in [2.05, 4.69) is 24.1 Å². The number of carbonyl (C=O) groups is 1. The SMILES string of the molecule is CC(C)N(C(=O)[C@@H]1CCCNC1)C1CC1. The number of rotatable bonds is 3. The smallest absolute Gasteiger partial charge is 0.227 e. The quantitative estimate of drug-likeness (QED) is 0.763. The fourth-order valence-corrected chi connectivity index (χ4v) is 2.48. The van der Waals surface area contributed by atoms with Crippen LogP contribution in [-0.4, -0.2) is 36.0 Å². The van der Waals surface area contributed by atoms with Crippen LogP contribution < -0.4 is 5.32 Å². The summed E-state index contributed by atoms with van der Waals surface area (Å²) in [5.74, 6) is 0.626. The number of piperidine rings is 1. The van der Waals surface area contributed by atoms with E-state index in [9.17, 15) is 4.79 Å². The minimum absolute atomic E-state index is 0.238. The highest BCUT2D eigenvalue weighted by molar-refractivity contribution is 5.80. The molecule has 0 aromatic heterocycles. The Morgan fingerprint density at radius 2 is 2.07 bits per heavy atom. The van der Waals surface area contributed by atoms with Crippen LogP contribution in [0.1, 0.15) is 39.5 Å². The van der Waals surface area contributed by atoms with Crippen LogP contribution in [-0.2, 0) is 4.79 Å². The summed E-state index contributed by atoms with van der Waals surface area (Å²) in [6.07, 6.45) is 4.64. The second-order valence-corrected chi connectivity index (χ2v) is 5.11. The Balaban J connectivity index is 1.96. The Morgan fingerprint density at radius 3 is 2.53 bits per heavy atom. The summed E-state index contributed by atoms with van der Waals surface area (Å²) >= 11 is 0. The molecule has 1 aliphatic heterocycles. The van der Waals surface area contributed by atoms with Crippen molar-refractivity contribution < 1.29 is 4.79 Å². The van der Waals surface area contributed by atoms with Gasteiger partial charge in [0.1, 0.15) is 0 Å². The summed E-state index contributed by atoms with van der Waals surface area (Å²) in [6.45, 7) is 6.22. The average molecular weight is 210 g/mol. The molecule has 0 radical (unpaired) electrons. The molecule has 2 rings (SSSR count). The van der Waals surface area contributed by atoms with Gasteiger partial charge in [0.2, 0.25) is 5.91 Å². The maximum absolute atomic E-state index is 12.3. The monoisotopic (exact) mass is 210 g/mol. The van der Waals surface area contributed by atoms with E-state index in [-0.39, 0.29) is 5.92 Å². The lowest BCUT2D eigenvalue weighted by Crippen LogP contribution is -2.46. The van der Waals surface area contributed by atoms with Crippen molar-refractivity contribution in [3.63, 3.8) is 0 Å². The van der Waals surface area contributed by atoms with Gasteiger partial charge in [-0.1, -0.05) is 0 Å². The van der Waals surface area contributed by atoms with Crippen LogP contribution in [0.5, 0.6) is 0 Å². The van der Waals surface area contributed by atoms with Crippen molar-refractivity contribution in [2.24, 2.45) is 5.92 Å². The summed E-state index contributed by atoms with van der Waals surface area (Å²) in [6, 6.07) is 0.923. The van der Waals surface area contributed by atoms with Crippen LogP contribution in [0.2, 0.25) is 0 Å². The number of nitrogens with zero attached hydrogens (tertiary/aromatic N) is 1. The van der Waals surface area contributed by atoms with Gasteiger partial charge in [-0.15, -0.1) is 0 Å². The summed E-state index contributed by atoms with van der Waals surface area (Å²) < 4.78 is 0. The topological polar surface area (TPSA) is 32.3 Å². The molecule has 15 heavy (non-hydrogen) atoms. The highest BCUT2D eigenvalue weighted by Crippen LogP contribution is 2.30. The Morgan fingerprint density at radius 1 is 1.33 bits per heavy atom. The standard InChI is InChI=1S/C12H22N2O/c1-9(2)14(11-5-6-11)12(15)10-4-3-7-13-8-10/h9-11,13H,3-8H2,1-2H3/t10-/m1/s1. The summed E-state index contributed by atoms with van der Waals surface area (Å²) in [5.41, 5.74) is 0. The van der Waals surface area contributed by atoms with Crippen molar-refractivity contribution in [3.8, 4) is 0 Å². The fourth-order valence-electron chi connectivity index (χ4n) is 2.48. The van der Waals surface area contributed by atoms with Crippen molar-refractivity contribution >= 4 is 5.91 Å². The molecule has 3 nitrogen and oxygen atoms in total. The molecule has 1 saturated carbocycles. The number of hydrogen-bond acceptors (Lipinski definition) is 2. The Hall–Kier alpha value is -0.570. The summed E-state index contributed by atoms with van der Waals surface area (Å²) in [5, 5.41) is 3.32. The molecule has 1 atom stereocenters. The zero-order valence-corrected chi connectivity index (χ0v) is 9.83. The molecule has 1 saturated heterocycles. The third kappa shape index (κ3) is 2.51. The van der Waals surface area contributed by atoms with Crippen molar-refractivity contribution in [3.05, 3.63) is 0 Å². The Bertz CT molecular complexity index is 228. The van der Waals surface area contributed by atoms with Gasteiger partial charge in [-0.2, -0.15) is 0 Å². The summed E-state index contributed by atoms with van der Waals surface area (Å²) in [4.78, 5) is 14.4. The Labute approximate surface area is 92.2 Å². The van der Waals surface area contributed by atoms with Crippen LogP contribution in [0.4, 0.5) is 0 Å². The van der Waals surface area contributed by atoms with Crippen molar-refractivity contribution in [1.82, 2.24) is 10.2 Å². The third-order valence-electron chi connectivity index (χ3n) is 3.40. The number of amides is 1. The van der Waals surface area contributed by atoms with Gasteiger partial charge in [-0.3, -0.25) is 4.79 Å². The third-order valence-corrected chi connectivity index (χ3v) is 3.40. The molecule has 3 heteroatoms. The van der Waals surface area contributed by atoms with Crippen molar-refractivity contribution in [2.45, 2.75) is 51.6 Å². The van der Waals surface area contributed by atoms with Gasteiger partial charge in [-0.05, 0) is 46.1 Å². The first-order chi connectivity index (χ1) is 7.20. The van der Waals surface area contributed by atoms with E-state index in [4.69, 9.17) is 0 Å². The van der Waals surface area contributed by atoms with Gasteiger partial charge in [0.05, 0.1) is 5.92 Å². The van der Waals surface area contributed by atoms with Gasteiger partial charge in [0.15, 0.2) is 0 Å². The van der Waals surface area contributed by atoms with Crippen LogP contribution in [0.3, 0.4) is 0 Å². The van der Waals surface area contributed by atoms with E-state index in [0.29, 0.717) is 18.0 Å². The van der Waals surface area contributed by atoms with Gasteiger partial charge in [0.25, 0.3) is 0 Å². The lowest BCUT2D eigenvalue weighted by molar-refractivity contribution is -0.138. The number of nitrogens with one attached hydrogen (secondary N) is 1. The van der Waals surface area contributed by atoms with Gasteiger partial charge in [0, 0.05) is 18.6 Å². The largest absolute Gasteiger partial charge is 0.337 e. The second-order valence-electron chi connectivity index (χ2n) is 5.11. The molecule has 0 unspecified atom stereocenters. The van der Waals surface area contributed by atoms with Crippen LogP contribution in [0, 0.1) is 5.92 Å². The normalized spacial score (nSPS) is 26.7. The molecular formula is C12H22N2O. The van der Waals surface area contributed by atoms with E-state index in [1.165, 1.54) is 12.8 Å². The first-order valence-corrected chi connectivity index (χ1v) is 6.23. The first-order valence-electron chi connectivity index (χ1n) is 6.23. The molecule has 0 aromatic rings. The zero-order valence-electron chi connectivity index (χ0n) is 9.83. The highest BCUT2D eigenvalue weighted by atomic mass is 16.2. The number of hydrogen-bond donors (Lipinski definition) is 1. The van der Waals surface area contributed by atoms with Gasteiger partial charge < -0.3 is 10.2 Å². The highest BCUT2D eigenvalue weighted by Gasteiger charge is 2.37. The minimum atomic E-state index is 0.238. The van der Waals surface area contributed by atoms with Gasteiger partial charge >= 0.3 is 0 Å². The maximum atomic E-state index is 12.3.